The minimum atomic E-state index is 0.577. The monoisotopic (exact) mass is 209 g/mol. The molecule has 0 fully saturated rings. The quantitative estimate of drug-likeness (QED) is 0.664. The minimum absolute atomic E-state index is 0.577. The van der Waals surface area contributed by atoms with Gasteiger partial charge in [0.05, 0.1) is 6.26 Å². The lowest BCUT2D eigenvalue weighted by atomic mass is 9.96. The van der Waals surface area contributed by atoms with Crippen LogP contribution in [0.1, 0.15) is 11.1 Å². The molecule has 3 rings (SSSR count). The number of nitrogens with zero attached hydrogens (tertiary/aromatic N) is 1. The molecule has 0 N–H and O–H groups in total. The average molecular weight is 209 g/mol. The van der Waals surface area contributed by atoms with Crippen molar-refractivity contribution in [2.45, 2.75) is 6.61 Å². The summed E-state index contributed by atoms with van der Waals surface area (Å²) in [4.78, 5) is 4.14. The fraction of sp³-hybridized carbons (Fsp3) is 0.0714. The van der Waals surface area contributed by atoms with E-state index >= 15 is 0 Å². The Morgan fingerprint density at radius 2 is 2.00 bits per heavy atom. The summed E-state index contributed by atoms with van der Waals surface area (Å²) >= 11 is 0. The molecule has 0 bridgehead atoms. The SMILES string of the molecule is C1=C\c2ccccc2-c2ccncc2CO/1. The van der Waals surface area contributed by atoms with Crippen LogP contribution >= 0.6 is 0 Å². The van der Waals surface area contributed by atoms with Crippen molar-refractivity contribution in [2.24, 2.45) is 0 Å². The third-order valence-electron chi connectivity index (χ3n) is 2.74. The zero-order valence-corrected chi connectivity index (χ0v) is 8.76. The summed E-state index contributed by atoms with van der Waals surface area (Å²) in [6.45, 7) is 0.577. The van der Waals surface area contributed by atoms with Crippen LogP contribution in [0.15, 0.2) is 49.0 Å². The maximum atomic E-state index is 5.44. The molecule has 16 heavy (non-hydrogen) atoms. The first-order valence-corrected chi connectivity index (χ1v) is 5.25. The highest BCUT2D eigenvalue weighted by Gasteiger charge is 2.09. The second kappa shape index (κ2) is 3.81. The van der Waals surface area contributed by atoms with Crippen LogP contribution in [0, 0.1) is 0 Å². The lowest BCUT2D eigenvalue weighted by Crippen LogP contribution is -1.96. The molecule has 1 aliphatic heterocycles. The molecule has 2 aromatic rings. The third kappa shape index (κ3) is 1.48. The van der Waals surface area contributed by atoms with Gasteiger partial charge in [0, 0.05) is 18.0 Å². The molecule has 0 spiro atoms. The topological polar surface area (TPSA) is 22.1 Å². The van der Waals surface area contributed by atoms with Crippen molar-refractivity contribution < 1.29 is 4.74 Å². The Bertz CT molecular complexity index is 546. The fourth-order valence-electron chi connectivity index (χ4n) is 1.95. The number of aromatic nitrogens is 1. The van der Waals surface area contributed by atoms with Gasteiger partial charge in [-0.15, -0.1) is 0 Å². The minimum Gasteiger partial charge on any atom is -0.496 e. The molecule has 0 atom stereocenters. The number of ether oxygens (including phenoxy) is 1. The molecular weight excluding hydrogens is 198 g/mol. The van der Waals surface area contributed by atoms with E-state index in [4.69, 9.17) is 4.74 Å². The molecule has 1 aromatic heterocycles. The summed E-state index contributed by atoms with van der Waals surface area (Å²) in [5.41, 5.74) is 4.74. The maximum Gasteiger partial charge on any atom is 0.114 e. The van der Waals surface area contributed by atoms with Crippen molar-refractivity contribution in [3.05, 3.63) is 60.1 Å². The Morgan fingerprint density at radius 1 is 1.06 bits per heavy atom. The molecule has 2 nitrogen and oxygen atoms in total. The van der Waals surface area contributed by atoms with E-state index in [1.165, 1.54) is 16.7 Å². The molecule has 1 aromatic carbocycles. The first kappa shape index (κ1) is 9.16. The third-order valence-corrected chi connectivity index (χ3v) is 2.74. The van der Waals surface area contributed by atoms with Gasteiger partial charge < -0.3 is 4.74 Å². The van der Waals surface area contributed by atoms with E-state index < -0.39 is 0 Å². The molecular formula is C14H11NO. The summed E-state index contributed by atoms with van der Waals surface area (Å²) in [6.07, 6.45) is 7.43. The number of pyridine rings is 1. The van der Waals surface area contributed by atoms with E-state index in [9.17, 15) is 0 Å². The molecule has 0 amide bonds. The summed E-state index contributed by atoms with van der Waals surface area (Å²) in [5, 5.41) is 0. The van der Waals surface area contributed by atoms with Crippen molar-refractivity contribution >= 4 is 6.08 Å². The van der Waals surface area contributed by atoms with E-state index in [0.717, 1.165) is 5.56 Å². The van der Waals surface area contributed by atoms with Gasteiger partial charge in [0.25, 0.3) is 0 Å². The van der Waals surface area contributed by atoms with Gasteiger partial charge in [0.2, 0.25) is 0 Å². The Hall–Kier alpha value is -2.09. The lowest BCUT2D eigenvalue weighted by molar-refractivity contribution is 0.239. The highest BCUT2D eigenvalue weighted by molar-refractivity contribution is 5.77. The van der Waals surface area contributed by atoms with Gasteiger partial charge in [-0.3, -0.25) is 4.98 Å². The molecule has 2 heterocycles. The van der Waals surface area contributed by atoms with Crippen LogP contribution in [0.3, 0.4) is 0 Å². The van der Waals surface area contributed by atoms with Gasteiger partial charge in [-0.2, -0.15) is 0 Å². The van der Waals surface area contributed by atoms with Gasteiger partial charge in [0.1, 0.15) is 6.61 Å². The van der Waals surface area contributed by atoms with Gasteiger partial charge in [-0.1, -0.05) is 24.3 Å². The number of rotatable bonds is 0. The van der Waals surface area contributed by atoms with Crippen molar-refractivity contribution in [3.63, 3.8) is 0 Å². The molecule has 2 heteroatoms. The van der Waals surface area contributed by atoms with E-state index in [0.29, 0.717) is 6.61 Å². The summed E-state index contributed by atoms with van der Waals surface area (Å²) in [7, 11) is 0. The second-order valence-electron chi connectivity index (χ2n) is 3.73. The predicted molar refractivity (Wildman–Crippen MR) is 63.5 cm³/mol. The standard InChI is InChI=1S/C14H11NO/c1-2-4-13-11(3-1)6-8-16-10-12-9-15-7-5-14(12)13/h1-9H,10H2/b8-6-. The molecule has 78 valence electrons. The number of fused-ring (bicyclic) bond motifs is 3. The van der Waals surface area contributed by atoms with E-state index in [1.807, 2.05) is 30.6 Å². The highest BCUT2D eigenvalue weighted by atomic mass is 16.5. The zero-order chi connectivity index (χ0) is 10.8. The summed E-state index contributed by atoms with van der Waals surface area (Å²) in [5.74, 6) is 0. The number of benzene rings is 1. The Morgan fingerprint density at radius 3 is 3.00 bits per heavy atom. The molecule has 1 aliphatic rings. The van der Waals surface area contributed by atoms with E-state index in [1.54, 1.807) is 6.26 Å². The van der Waals surface area contributed by atoms with Gasteiger partial charge in [-0.25, -0.2) is 0 Å². The molecule has 0 radical (unpaired) electrons. The molecule has 0 unspecified atom stereocenters. The van der Waals surface area contributed by atoms with Crippen molar-refractivity contribution in [2.75, 3.05) is 0 Å². The number of hydrogen-bond acceptors (Lipinski definition) is 2. The van der Waals surface area contributed by atoms with E-state index in [2.05, 4.69) is 23.2 Å². The second-order valence-corrected chi connectivity index (χ2v) is 3.73. The van der Waals surface area contributed by atoms with Gasteiger partial charge >= 0.3 is 0 Å². The van der Waals surface area contributed by atoms with Crippen LogP contribution < -0.4 is 0 Å². The van der Waals surface area contributed by atoms with Gasteiger partial charge in [0.15, 0.2) is 0 Å². The van der Waals surface area contributed by atoms with Crippen molar-refractivity contribution in [1.82, 2.24) is 4.98 Å². The Kier molecular flexibility index (Phi) is 2.18. The first-order valence-electron chi connectivity index (χ1n) is 5.25. The molecule has 0 aliphatic carbocycles. The van der Waals surface area contributed by atoms with Crippen LogP contribution in [0.2, 0.25) is 0 Å². The zero-order valence-electron chi connectivity index (χ0n) is 8.76. The van der Waals surface area contributed by atoms with Gasteiger partial charge in [-0.05, 0) is 28.8 Å². The Labute approximate surface area is 94.2 Å². The van der Waals surface area contributed by atoms with Crippen molar-refractivity contribution in [3.8, 4) is 11.1 Å². The van der Waals surface area contributed by atoms with Crippen LogP contribution in [0.4, 0.5) is 0 Å². The summed E-state index contributed by atoms with van der Waals surface area (Å²) < 4.78 is 5.44. The van der Waals surface area contributed by atoms with Crippen LogP contribution in [-0.4, -0.2) is 4.98 Å². The van der Waals surface area contributed by atoms with Crippen LogP contribution in [-0.2, 0) is 11.3 Å². The van der Waals surface area contributed by atoms with Crippen LogP contribution in [0.25, 0.3) is 17.2 Å². The smallest absolute Gasteiger partial charge is 0.114 e. The lowest BCUT2D eigenvalue weighted by Gasteiger charge is -2.14. The number of hydrogen-bond donors (Lipinski definition) is 0. The van der Waals surface area contributed by atoms with Crippen molar-refractivity contribution in [1.29, 1.82) is 0 Å². The largest absolute Gasteiger partial charge is 0.496 e. The summed E-state index contributed by atoms with van der Waals surface area (Å²) in [6, 6.07) is 10.3. The predicted octanol–water partition coefficient (Wildman–Crippen LogP) is 3.25. The Balaban J connectivity index is 2.28. The average Bonchev–Trinajstić information content (AvgIpc) is 2.33. The van der Waals surface area contributed by atoms with E-state index in [-0.39, 0.29) is 0 Å². The fourth-order valence-corrected chi connectivity index (χ4v) is 1.95. The highest BCUT2D eigenvalue weighted by Crippen LogP contribution is 2.29. The maximum absolute atomic E-state index is 5.44. The first-order chi connectivity index (χ1) is 7.95. The molecule has 0 saturated heterocycles. The normalized spacial score (nSPS) is 15.0. The van der Waals surface area contributed by atoms with Crippen LogP contribution in [0.5, 0.6) is 0 Å². The molecule has 0 saturated carbocycles.